The highest BCUT2D eigenvalue weighted by atomic mass is 32.2. The molecule has 0 aliphatic carbocycles. The molecule has 0 spiro atoms. The molecule has 33 heavy (non-hydrogen) atoms. The van der Waals surface area contributed by atoms with E-state index in [-0.39, 0.29) is 0 Å². The van der Waals surface area contributed by atoms with E-state index < -0.39 is 26.7 Å². The van der Waals surface area contributed by atoms with Crippen LogP contribution in [0.5, 0.6) is 0 Å². The van der Waals surface area contributed by atoms with Gasteiger partial charge in [0, 0.05) is 22.7 Å². The Morgan fingerprint density at radius 3 is 2.03 bits per heavy atom. The quantitative estimate of drug-likeness (QED) is 0.394. The summed E-state index contributed by atoms with van der Waals surface area (Å²) in [5.41, 5.74) is 2.94. The predicted octanol–water partition coefficient (Wildman–Crippen LogP) is 4.27. The summed E-state index contributed by atoms with van der Waals surface area (Å²) in [5, 5.41) is 8.47. The maximum Gasteiger partial charge on any atom is 0.268 e. The van der Waals surface area contributed by atoms with Gasteiger partial charge >= 0.3 is 0 Å². The number of para-hydroxylation sites is 1. The van der Waals surface area contributed by atoms with Gasteiger partial charge in [-0.25, -0.2) is 13.4 Å². The molecule has 2 aromatic heterocycles. The van der Waals surface area contributed by atoms with Crippen molar-refractivity contribution in [1.29, 1.82) is 0 Å². The Kier molecular flexibility index (Phi) is 5.27. The third-order valence-corrected chi connectivity index (χ3v) is 6.58. The molecular weight excluding hydrogens is 436 g/mol. The average molecular weight is 455 g/mol. The SMILES string of the molecule is O=C(CS(=O)(=O)c1nnc(-c2ccccc2)c(-c2ccccc2)n1)n1ccc2ccccc21. The zero-order valence-corrected chi connectivity index (χ0v) is 18.2. The fourth-order valence-electron chi connectivity index (χ4n) is 3.63. The Morgan fingerprint density at radius 2 is 1.33 bits per heavy atom. The molecule has 0 amide bonds. The van der Waals surface area contributed by atoms with Crippen molar-refractivity contribution in [2.75, 3.05) is 5.75 Å². The van der Waals surface area contributed by atoms with E-state index in [0.29, 0.717) is 22.5 Å². The number of nitrogens with zero attached hydrogens (tertiary/aromatic N) is 4. The molecule has 0 saturated heterocycles. The molecule has 0 saturated carbocycles. The summed E-state index contributed by atoms with van der Waals surface area (Å²) in [7, 11) is -4.14. The number of benzene rings is 3. The van der Waals surface area contributed by atoms with Gasteiger partial charge < -0.3 is 0 Å². The molecule has 2 heterocycles. The lowest BCUT2D eigenvalue weighted by Gasteiger charge is -2.10. The molecule has 0 aliphatic rings. The highest BCUT2D eigenvalue weighted by molar-refractivity contribution is 7.91. The van der Waals surface area contributed by atoms with Crippen LogP contribution >= 0.6 is 0 Å². The topological polar surface area (TPSA) is 94.8 Å². The van der Waals surface area contributed by atoms with Crippen LogP contribution in [0.3, 0.4) is 0 Å². The van der Waals surface area contributed by atoms with E-state index in [2.05, 4.69) is 15.2 Å². The maximum atomic E-state index is 13.1. The second kappa shape index (κ2) is 8.40. The van der Waals surface area contributed by atoms with Crippen LogP contribution in [0, 0.1) is 0 Å². The number of carbonyl (C=O) groups is 1. The van der Waals surface area contributed by atoms with Crippen molar-refractivity contribution in [3.8, 4) is 22.5 Å². The molecule has 3 aromatic carbocycles. The van der Waals surface area contributed by atoms with Crippen molar-refractivity contribution in [3.05, 3.63) is 97.2 Å². The van der Waals surface area contributed by atoms with Crippen LogP contribution in [-0.2, 0) is 9.84 Å². The van der Waals surface area contributed by atoms with Gasteiger partial charge in [0.25, 0.3) is 5.16 Å². The summed E-state index contributed by atoms with van der Waals surface area (Å²) in [6, 6.07) is 27.5. The predicted molar refractivity (Wildman–Crippen MR) is 125 cm³/mol. The minimum Gasteiger partial charge on any atom is -0.286 e. The third kappa shape index (κ3) is 4.04. The van der Waals surface area contributed by atoms with Crippen LogP contribution < -0.4 is 0 Å². The Bertz CT molecular complexity index is 1560. The lowest BCUT2D eigenvalue weighted by molar-refractivity contribution is 0.0945. The van der Waals surface area contributed by atoms with Gasteiger partial charge in [-0.1, -0.05) is 78.9 Å². The van der Waals surface area contributed by atoms with Gasteiger partial charge in [0.1, 0.15) is 17.1 Å². The fraction of sp³-hybridized carbons (Fsp3) is 0.0400. The lowest BCUT2D eigenvalue weighted by Crippen LogP contribution is -2.23. The average Bonchev–Trinajstić information content (AvgIpc) is 3.29. The summed E-state index contributed by atoms with van der Waals surface area (Å²) < 4.78 is 27.5. The van der Waals surface area contributed by atoms with E-state index in [1.807, 2.05) is 72.8 Å². The van der Waals surface area contributed by atoms with Crippen molar-refractivity contribution >= 4 is 26.6 Å². The van der Waals surface area contributed by atoms with Gasteiger partial charge in [-0.2, -0.15) is 0 Å². The van der Waals surface area contributed by atoms with Gasteiger partial charge in [0.2, 0.25) is 15.7 Å². The first-order valence-electron chi connectivity index (χ1n) is 10.2. The molecular formula is C25H18N4O3S. The molecule has 0 atom stereocenters. The van der Waals surface area contributed by atoms with Crippen molar-refractivity contribution in [2.45, 2.75) is 5.16 Å². The molecule has 0 N–H and O–H groups in total. The highest BCUT2D eigenvalue weighted by Gasteiger charge is 2.26. The smallest absolute Gasteiger partial charge is 0.268 e. The third-order valence-electron chi connectivity index (χ3n) is 5.22. The first-order chi connectivity index (χ1) is 16.0. The van der Waals surface area contributed by atoms with E-state index in [0.717, 1.165) is 10.9 Å². The van der Waals surface area contributed by atoms with Gasteiger partial charge in [-0.3, -0.25) is 9.36 Å². The van der Waals surface area contributed by atoms with E-state index >= 15 is 0 Å². The van der Waals surface area contributed by atoms with E-state index in [9.17, 15) is 13.2 Å². The first-order valence-corrected chi connectivity index (χ1v) is 11.9. The van der Waals surface area contributed by atoms with Crippen molar-refractivity contribution < 1.29 is 13.2 Å². The Labute approximate surface area is 190 Å². The Balaban J connectivity index is 1.55. The minimum absolute atomic E-state index is 0.384. The number of aromatic nitrogens is 4. The molecule has 8 heteroatoms. The molecule has 0 bridgehead atoms. The van der Waals surface area contributed by atoms with Crippen LogP contribution in [0.4, 0.5) is 0 Å². The summed E-state index contributed by atoms with van der Waals surface area (Å²) in [6.07, 6.45) is 1.57. The fourth-order valence-corrected chi connectivity index (χ4v) is 4.62. The largest absolute Gasteiger partial charge is 0.286 e. The first kappa shape index (κ1) is 20.7. The molecule has 5 aromatic rings. The second-order valence-corrected chi connectivity index (χ2v) is 9.30. The Morgan fingerprint density at radius 1 is 0.727 bits per heavy atom. The monoisotopic (exact) mass is 454 g/mol. The maximum absolute atomic E-state index is 13.1. The van der Waals surface area contributed by atoms with Gasteiger partial charge in [0.15, 0.2) is 0 Å². The molecule has 162 valence electrons. The van der Waals surface area contributed by atoms with Gasteiger partial charge in [-0.05, 0) is 12.1 Å². The molecule has 5 rings (SSSR count). The van der Waals surface area contributed by atoms with E-state index in [4.69, 9.17) is 0 Å². The highest BCUT2D eigenvalue weighted by Crippen LogP contribution is 2.29. The summed E-state index contributed by atoms with van der Waals surface area (Å²) >= 11 is 0. The molecule has 0 radical (unpaired) electrons. The normalized spacial score (nSPS) is 11.5. The van der Waals surface area contributed by atoms with Crippen LogP contribution in [0.25, 0.3) is 33.4 Å². The number of fused-ring (bicyclic) bond motifs is 1. The molecule has 0 unspecified atom stereocenters. The zero-order chi connectivity index (χ0) is 22.8. The van der Waals surface area contributed by atoms with Crippen LogP contribution in [0.2, 0.25) is 0 Å². The standard InChI is InChI=1S/C25H18N4O3S/c30-22(29-16-15-18-9-7-8-14-21(18)29)17-33(31,32)25-26-23(19-10-3-1-4-11-19)24(27-28-25)20-12-5-2-6-13-20/h1-16H,17H2. The van der Waals surface area contributed by atoms with E-state index in [1.54, 1.807) is 24.4 Å². The van der Waals surface area contributed by atoms with Crippen LogP contribution in [0.15, 0.2) is 102 Å². The Hall–Kier alpha value is -4.17. The summed E-state index contributed by atoms with van der Waals surface area (Å²) in [6.45, 7) is 0. The number of hydrogen-bond acceptors (Lipinski definition) is 6. The van der Waals surface area contributed by atoms with Gasteiger partial charge in [-0.15, -0.1) is 10.2 Å². The van der Waals surface area contributed by atoms with E-state index in [1.165, 1.54) is 4.57 Å². The number of carbonyl (C=O) groups excluding carboxylic acids is 1. The van der Waals surface area contributed by atoms with Crippen LogP contribution in [0.1, 0.15) is 4.79 Å². The van der Waals surface area contributed by atoms with Crippen molar-refractivity contribution in [2.24, 2.45) is 0 Å². The van der Waals surface area contributed by atoms with Crippen molar-refractivity contribution in [1.82, 2.24) is 19.7 Å². The molecule has 0 aliphatic heterocycles. The summed E-state index contributed by atoms with van der Waals surface area (Å²) in [4.78, 5) is 17.2. The van der Waals surface area contributed by atoms with Gasteiger partial charge in [0.05, 0.1) is 5.52 Å². The van der Waals surface area contributed by atoms with Crippen molar-refractivity contribution in [3.63, 3.8) is 0 Å². The number of rotatable bonds is 5. The summed E-state index contributed by atoms with van der Waals surface area (Å²) in [5.74, 6) is -1.36. The molecule has 7 nitrogen and oxygen atoms in total. The zero-order valence-electron chi connectivity index (χ0n) is 17.4. The second-order valence-electron chi connectivity index (χ2n) is 7.42. The lowest BCUT2D eigenvalue weighted by atomic mass is 10.0. The minimum atomic E-state index is -4.14. The molecule has 0 fully saturated rings. The number of hydrogen-bond donors (Lipinski definition) is 0. The van der Waals surface area contributed by atoms with Crippen LogP contribution in [-0.4, -0.2) is 39.8 Å². The number of sulfone groups is 1.